The van der Waals surface area contributed by atoms with Crippen molar-refractivity contribution in [2.24, 2.45) is 0 Å². The van der Waals surface area contributed by atoms with Gasteiger partial charge in [0, 0.05) is 6.54 Å². The molecule has 0 unspecified atom stereocenters. The highest BCUT2D eigenvalue weighted by Gasteiger charge is 2.15. The van der Waals surface area contributed by atoms with Gasteiger partial charge < -0.3 is 10.1 Å². The van der Waals surface area contributed by atoms with Crippen molar-refractivity contribution in [1.82, 2.24) is 5.32 Å². The summed E-state index contributed by atoms with van der Waals surface area (Å²) in [6.07, 6.45) is 5.97. The number of ether oxygens (including phenoxy) is 1. The molecule has 1 aromatic rings. The number of amides is 1. The van der Waals surface area contributed by atoms with Crippen LogP contribution in [0.2, 0.25) is 0 Å². The van der Waals surface area contributed by atoms with Crippen LogP contribution < -0.4 is 5.32 Å². The maximum Gasteiger partial charge on any atom is 0.407 e. The van der Waals surface area contributed by atoms with Crippen LogP contribution in [-0.2, 0) is 17.6 Å². The largest absolute Gasteiger partial charge is 0.444 e. The number of rotatable bonds is 3. The molecule has 102 valence electrons. The predicted octanol–water partition coefficient (Wildman–Crippen LogP) is 3.32. The third-order valence-electron chi connectivity index (χ3n) is 2.97. The molecule has 0 bridgehead atoms. The predicted molar refractivity (Wildman–Crippen MR) is 77.1 cm³/mol. The lowest BCUT2D eigenvalue weighted by Gasteiger charge is -2.19. The van der Waals surface area contributed by atoms with Crippen LogP contribution in [0, 0.1) is 0 Å². The van der Waals surface area contributed by atoms with Crippen molar-refractivity contribution < 1.29 is 9.53 Å². The summed E-state index contributed by atoms with van der Waals surface area (Å²) in [6.45, 7) is 6.03. The Morgan fingerprint density at radius 2 is 2.05 bits per heavy atom. The number of hydrogen-bond acceptors (Lipinski definition) is 2. The van der Waals surface area contributed by atoms with Gasteiger partial charge in [-0.25, -0.2) is 4.79 Å². The Labute approximate surface area is 114 Å². The van der Waals surface area contributed by atoms with E-state index in [-0.39, 0.29) is 6.09 Å². The van der Waals surface area contributed by atoms with Crippen LogP contribution in [0.3, 0.4) is 0 Å². The summed E-state index contributed by atoms with van der Waals surface area (Å²) in [5, 5.41) is 2.70. The zero-order valence-corrected chi connectivity index (χ0v) is 11.8. The molecular formula is C16H21NO2. The minimum atomic E-state index is -0.449. The van der Waals surface area contributed by atoms with E-state index in [0.29, 0.717) is 6.54 Å². The summed E-state index contributed by atoms with van der Waals surface area (Å²) in [5.41, 5.74) is 3.64. The number of aryl methyl sites for hydroxylation is 2. The van der Waals surface area contributed by atoms with E-state index in [0.717, 1.165) is 0 Å². The molecule has 0 aromatic heterocycles. The Morgan fingerprint density at radius 3 is 2.63 bits per heavy atom. The zero-order valence-electron chi connectivity index (χ0n) is 11.8. The van der Waals surface area contributed by atoms with Crippen molar-refractivity contribution in [1.29, 1.82) is 0 Å². The summed E-state index contributed by atoms with van der Waals surface area (Å²) in [7, 11) is 0. The molecular weight excluding hydrogens is 238 g/mol. The molecule has 1 amide bonds. The number of alkyl carbamates (subject to hydrolysis) is 1. The number of benzene rings is 1. The maximum atomic E-state index is 11.4. The molecule has 3 nitrogen and oxygen atoms in total. The average Bonchev–Trinajstić information content (AvgIpc) is 2.25. The van der Waals surface area contributed by atoms with E-state index in [9.17, 15) is 4.79 Å². The summed E-state index contributed by atoms with van der Waals surface area (Å²) in [4.78, 5) is 11.4. The van der Waals surface area contributed by atoms with Gasteiger partial charge in [0.2, 0.25) is 0 Å². The van der Waals surface area contributed by atoms with Crippen LogP contribution in [0.1, 0.15) is 37.5 Å². The van der Waals surface area contributed by atoms with Crippen molar-refractivity contribution in [3.63, 3.8) is 0 Å². The molecule has 0 saturated carbocycles. The zero-order chi connectivity index (χ0) is 13.9. The first kappa shape index (κ1) is 13.7. The van der Waals surface area contributed by atoms with E-state index in [2.05, 4.69) is 23.5 Å². The summed E-state index contributed by atoms with van der Waals surface area (Å²) in [6, 6.07) is 6.50. The highest BCUT2D eigenvalue weighted by molar-refractivity contribution is 5.68. The van der Waals surface area contributed by atoms with Crippen molar-refractivity contribution in [2.75, 3.05) is 6.54 Å². The monoisotopic (exact) mass is 259 g/mol. The second-order valence-corrected chi connectivity index (χ2v) is 5.81. The second-order valence-electron chi connectivity index (χ2n) is 5.81. The van der Waals surface area contributed by atoms with Gasteiger partial charge in [-0.15, -0.1) is 0 Å². The van der Waals surface area contributed by atoms with Crippen LogP contribution in [0.5, 0.6) is 0 Å². The summed E-state index contributed by atoms with van der Waals surface area (Å²) >= 11 is 0. The third kappa shape index (κ3) is 4.12. The highest BCUT2D eigenvalue weighted by atomic mass is 16.6. The quantitative estimate of drug-likeness (QED) is 0.904. The molecule has 3 heteroatoms. The normalized spacial score (nSPS) is 13.8. The lowest BCUT2D eigenvalue weighted by Crippen LogP contribution is -2.32. The average molecular weight is 259 g/mol. The Hall–Kier alpha value is -1.77. The fraction of sp³-hybridized carbons (Fsp3) is 0.438. The molecule has 19 heavy (non-hydrogen) atoms. The van der Waals surface area contributed by atoms with E-state index in [1.165, 1.54) is 29.5 Å². The van der Waals surface area contributed by atoms with E-state index in [1.54, 1.807) is 0 Å². The number of hydrogen-bond donors (Lipinski definition) is 1. The van der Waals surface area contributed by atoms with Gasteiger partial charge >= 0.3 is 6.09 Å². The van der Waals surface area contributed by atoms with Crippen LogP contribution in [-0.4, -0.2) is 18.2 Å². The first-order valence-corrected chi connectivity index (χ1v) is 6.69. The molecule has 2 rings (SSSR count). The fourth-order valence-corrected chi connectivity index (χ4v) is 1.97. The maximum absolute atomic E-state index is 11.4. The third-order valence-corrected chi connectivity index (χ3v) is 2.97. The van der Waals surface area contributed by atoms with Gasteiger partial charge in [-0.1, -0.05) is 30.4 Å². The van der Waals surface area contributed by atoms with Crippen molar-refractivity contribution in [3.05, 3.63) is 41.0 Å². The minimum absolute atomic E-state index is 0.380. The van der Waals surface area contributed by atoms with Crippen LogP contribution >= 0.6 is 0 Å². The standard InChI is InChI=1S/C16H21NO2/c1-16(2,3)19-15(18)17-10-4-5-12-6-7-13-8-9-14(13)11-12/h4-7,11H,8-10H2,1-3H3,(H,17,18). The molecule has 0 fully saturated rings. The molecule has 0 aliphatic heterocycles. The Morgan fingerprint density at radius 1 is 1.32 bits per heavy atom. The lowest BCUT2D eigenvalue weighted by atomic mass is 9.87. The second kappa shape index (κ2) is 5.47. The topological polar surface area (TPSA) is 38.3 Å². The van der Waals surface area contributed by atoms with Gasteiger partial charge in [0.15, 0.2) is 0 Å². The van der Waals surface area contributed by atoms with Crippen molar-refractivity contribution in [3.8, 4) is 0 Å². The van der Waals surface area contributed by atoms with Crippen molar-refractivity contribution >= 4 is 12.2 Å². The first-order valence-electron chi connectivity index (χ1n) is 6.69. The van der Waals surface area contributed by atoms with E-state index >= 15 is 0 Å². The van der Waals surface area contributed by atoms with Crippen LogP contribution in [0.25, 0.3) is 6.08 Å². The molecule has 0 spiro atoms. The minimum Gasteiger partial charge on any atom is -0.444 e. The smallest absolute Gasteiger partial charge is 0.407 e. The van der Waals surface area contributed by atoms with Gasteiger partial charge in [-0.05, 0) is 50.3 Å². The highest BCUT2D eigenvalue weighted by Crippen LogP contribution is 2.23. The van der Waals surface area contributed by atoms with Gasteiger partial charge in [0.25, 0.3) is 0 Å². The molecule has 0 atom stereocenters. The molecule has 1 N–H and O–H groups in total. The Kier molecular flexibility index (Phi) is 3.93. The number of carbonyl (C=O) groups excluding carboxylic acids is 1. The fourth-order valence-electron chi connectivity index (χ4n) is 1.97. The van der Waals surface area contributed by atoms with E-state index in [4.69, 9.17) is 4.74 Å². The van der Waals surface area contributed by atoms with E-state index in [1.807, 2.05) is 32.9 Å². The molecule has 1 aromatic carbocycles. The molecule has 1 aliphatic rings. The van der Waals surface area contributed by atoms with Crippen molar-refractivity contribution in [2.45, 2.75) is 39.2 Å². The lowest BCUT2D eigenvalue weighted by molar-refractivity contribution is 0.0534. The summed E-state index contributed by atoms with van der Waals surface area (Å²) < 4.78 is 5.15. The van der Waals surface area contributed by atoms with Gasteiger partial charge in [-0.3, -0.25) is 0 Å². The van der Waals surface area contributed by atoms with E-state index < -0.39 is 5.60 Å². The molecule has 0 radical (unpaired) electrons. The van der Waals surface area contributed by atoms with Gasteiger partial charge in [0.05, 0.1) is 0 Å². The summed E-state index contributed by atoms with van der Waals surface area (Å²) in [5.74, 6) is 0. The number of carbonyl (C=O) groups is 1. The Balaban J connectivity index is 1.77. The first-order chi connectivity index (χ1) is 8.94. The van der Waals surface area contributed by atoms with Gasteiger partial charge in [0.1, 0.15) is 5.60 Å². The molecule has 0 heterocycles. The Bertz CT molecular complexity index is 498. The SMILES string of the molecule is CC(C)(C)OC(=O)NCC=Cc1ccc2c(c1)CC2. The molecule has 1 aliphatic carbocycles. The van der Waals surface area contributed by atoms with Crippen LogP contribution in [0.4, 0.5) is 4.79 Å². The number of fused-ring (bicyclic) bond motifs is 1. The van der Waals surface area contributed by atoms with Gasteiger partial charge in [-0.2, -0.15) is 0 Å². The van der Waals surface area contributed by atoms with Crippen LogP contribution in [0.15, 0.2) is 24.3 Å². The number of nitrogens with one attached hydrogen (secondary N) is 1. The molecule has 0 saturated heterocycles.